The maximum Gasteiger partial charge on any atom is 0.340 e. The van der Waals surface area contributed by atoms with Crippen molar-refractivity contribution >= 4 is 33.3 Å². The minimum Gasteiger partial charge on any atom is -0.449 e. The number of hydrogen-bond donors (Lipinski definition) is 1. The van der Waals surface area contributed by atoms with E-state index in [1.54, 1.807) is 0 Å². The number of hydrogen-bond acceptors (Lipinski definition) is 5. The van der Waals surface area contributed by atoms with Crippen molar-refractivity contribution in [1.29, 1.82) is 0 Å². The summed E-state index contributed by atoms with van der Waals surface area (Å²) in [6, 6.07) is 3.70. The van der Waals surface area contributed by atoms with Gasteiger partial charge < -0.3 is 10.1 Å². The molecule has 1 amide bonds. The Morgan fingerprint density at radius 3 is 2.45 bits per heavy atom. The van der Waals surface area contributed by atoms with Gasteiger partial charge in [-0.1, -0.05) is 11.6 Å². The Balaban J connectivity index is 3.07. The molecule has 0 spiro atoms. The van der Waals surface area contributed by atoms with Gasteiger partial charge in [0.25, 0.3) is 5.91 Å². The van der Waals surface area contributed by atoms with E-state index in [4.69, 9.17) is 16.3 Å². The lowest BCUT2D eigenvalue weighted by Gasteiger charge is -2.12. The van der Waals surface area contributed by atoms with E-state index < -0.39 is 27.8 Å². The highest BCUT2D eigenvalue weighted by Crippen LogP contribution is 2.21. The van der Waals surface area contributed by atoms with Crippen molar-refractivity contribution in [3.63, 3.8) is 0 Å². The smallest absolute Gasteiger partial charge is 0.340 e. The molecule has 1 rings (SSSR count). The van der Waals surface area contributed by atoms with Crippen molar-refractivity contribution in [2.75, 3.05) is 13.3 Å². The predicted octanol–water partition coefficient (Wildman–Crippen LogP) is 1.03. The molecular formula is C12H14ClNO5S. The number of ether oxygens (including phenoxy) is 1. The van der Waals surface area contributed by atoms with Gasteiger partial charge in [-0.2, -0.15) is 0 Å². The fourth-order valence-corrected chi connectivity index (χ4v) is 2.21. The van der Waals surface area contributed by atoms with Crippen molar-refractivity contribution < 1.29 is 22.7 Å². The number of amides is 1. The van der Waals surface area contributed by atoms with Crippen molar-refractivity contribution in [1.82, 2.24) is 5.32 Å². The predicted molar refractivity (Wildman–Crippen MR) is 73.5 cm³/mol. The summed E-state index contributed by atoms with van der Waals surface area (Å²) in [5.41, 5.74) is -0.106. The highest BCUT2D eigenvalue weighted by Gasteiger charge is 2.21. The molecule has 0 aromatic heterocycles. The highest BCUT2D eigenvalue weighted by molar-refractivity contribution is 7.90. The van der Waals surface area contributed by atoms with Crippen LogP contribution in [0, 0.1) is 0 Å². The number of sulfone groups is 1. The van der Waals surface area contributed by atoms with Crippen LogP contribution in [0.25, 0.3) is 0 Å². The maximum absolute atomic E-state index is 11.9. The van der Waals surface area contributed by atoms with E-state index >= 15 is 0 Å². The monoisotopic (exact) mass is 319 g/mol. The Hall–Kier alpha value is -1.60. The molecule has 0 unspecified atom stereocenters. The van der Waals surface area contributed by atoms with Crippen LogP contribution in [-0.4, -0.2) is 39.7 Å². The van der Waals surface area contributed by atoms with E-state index in [1.165, 1.54) is 26.1 Å². The Bertz CT molecular complexity index is 641. The number of likely N-dealkylation sites (N-methyl/N-ethyl adjacent to an activating group) is 1. The van der Waals surface area contributed by atoms with E-state index in [1.807, 2.05) is 0 Å². The molecular weight excluding hydrogens is 306 g/mol. The molecule has 1 atom stereocenters. The lowest BCUT2D eigenvalue weighted by atomic mass is 10.2. The zero-order valence-corrected chi connectivity index (χ0v) is 12.7. The molecule has 1 aromatic carbocycles. The normalized spacial score (nSPS) is 12.6. The molecule has 1 N–H and O–H groups in total. The van der Waals surface area contributed by atoms with Gasteiger partial charge in [0.2, 0.25) is 0 Å². The van der Waals surface area contributed by atoms with Gasteiger partial charge >= 0.3 is 5.97 Å². The molecule has 6 nitrogen and oxygen atoms in total. The third-order valence-electron chi connectivity index (χ3n) is 2.49. The number of carbonyl (C=O) groups is 2. The standard InChI is InChI=1S/C12H14ClNO5S/c1-7(11(15)14-2)19-12(16)9-6-8(20(3,17)18)4-5-10(9)13/h4-7H,1-3H3,(H,14,15)/t7-/m1/s1. The van der Waals surface area contributed by atoms with Crippen molar-refractivity contribution in [2.24, 2.45) is 0 Å². The minimum absolute atomic E-state index is 0.0477. The lowest BCUT2D eigenvalue weighted by Crippen LogP contribution is -2.33. The molecule has 0 fully saturated rings. The average Bonchev–Trinajstić information content (AvgIpc) is 2.36. The summed E-state index contributed by atoms with van der Waals surface area (Å²) >= 11 is 5.84. The molecule has 0 aliphatic heterocycles. The van der Waals surface area contributed by atoms with E-state index in [0.717, 1.165) is 12.3 Å². The molecule has 0 saturated heterocycles. The molecule has 0 bridgehead atoms. The fraction of sp³-hybridized carbons (Fsp3) is 0.333. The minimum atomic E-state index is -3.47. The first-order valence-corrected chi connectivity index (χ1v) is 7.86. The highest BCUT2D eigenvalue weighted by atomic mass is 35.5. The third-order valence-corrected chi connectivity index (χ3v) is 3.93. The quantitative estimate of drug-likeness (QED) is 0.837. The fourth-order valence-electron chi connectivity index (χ4n) is 1.37. The van der Waals surface area contributed by atoms with Crippen LogP contribution in [0.3, 0.4) is 0 Å². The second-order valence-corrected chi connectivity index (χ2v) is 6.50. The Kier molecular flexibility index (Phi) is 5.13. The van der Waals surface area contributed by atoms with Crippen LogP contribution in [0.5, 0.6) is 0 Å². The van der Waals surface area contributed by atoms with Gasteiger partial charge in [0, 0.05) is 13.3 Å². The van der Waals surface area contributed by atoms with Crippen LogP contribution >= 0.6 is 11.6 Å². The summed E-state index contributed by atoms with van der Waals surface area (Å²) in [6.45, 7) is 1.39. The van der Waals surface area contributed by atoms with Crippen LogP contribution in [0.2, 0.25) is 5.02 Å². The molecule has 1 aromatic rings. The number of carbonyl (C=O) groups excluding carboxylic acids is 2. The first-order valence-electron chi connectivity index (χ1n) is 5.59. The molecule has 0 aliphatic rings. The summed E-state index contributed by atoms with van der Waals surface area (Å²) < 4.78 is 27.8. The van der Waals surface area contributed by atoms with Crippen molar-refractivity contribution in [3.8, 4) is 0 Å². The molecule has 0 radical (unpaired) electrons. The van der Waals surface area contributed by atoms with Crippen LogP contribution in [0.1, 0.15) is 17.3 Å². The third kappa shape index (κ3) is 3.94. The number of esters is 1. The second kappa shape index (κ2) is 6.23. The van der Waals surface area contributed by atoms with Crippen molar-refractivity contribution in [2.45, 2.75) is 17.9 Å². The Labute approximate surface area is 122 Å². The summed E-state index contributed by atoms with van der Waals surface area (Å²) in [4.78, 5) is 23.1. The van der Waals surface area contributed by atoms with Gasteiger partial charge in [-0.05, 0) is 25.1 Å². The summed E-state index contributed by atoms with van der Waals surface area (Å²) in [5.74, 6) is -1.34. The molecule has 8 heteroatoms. The van der Waals surface area contributed by atoms with Gasteiger partial charge in [0.15, 0.2) is 15.9 Å². The van der Waals surface area contributed by atoms with Gasteiger partial charge in [-0.3, -0.25) is 4.79 Å². The zero-order chi connectivity index (χ0) is 15.5. The lowest BCUT2D eigenvalue weighted by molar-refractivity contribution is -0.128. The Morgan fingerprint density at radius 1 is 1.35 bits per heavy atom. The van der Waals surface area contributed by atoms with E-state index in [0.29, 0.717) is 0 Å². The first-order chi connectivity index (χ1) is 9.16. The second-order valence-electron chi connectivity index (χ2n) is 4.08. The summed E-state index contributed by atoms with van der Waals surface area (Å²) in [6.07, 6.45) is 0.00357. The first kappa shape index (κ1) is 16.5. The molecule has 0 saturated carbocycles. The van der Waals surface area contributed by atoms with E-state index in [-0.39, 0.29) is 15.5 Å². The van der Waals surface area contributed by atoms with E-state index in [9.17, 15) is 18.0 Å². The topological polar surface area (TPSA) is 89.5 Å². The molecule has 110 valence electrons. The number of benzene rings is 1. The van der Waals surface area contributed by atoms with Crippen LogP contribution < -0.4 is 5.32 Å². The SMILES string of the molecule is CNC(=O)[C@@H](C)OC(=O)c1cc(S(C)(=O)=O)ccc1Cl. The average molecular weight is 320 g/mol. The molecule has 0 aliphatic carbocycles. The zero-order valence-electron chi connectivity index (χ0n) is 11.1. The van der Waals surface area contributed by atoms with Crippen molar-refractivity contribution in [3.05, 3.63) is 28.8 Å². The van der Waals surface area contributed by atoms with Gasteiger partial charge in [-0.15, -0.1) is 0 Å². The Morgan fingerprint density at radius 2 is 1.95 bits per heavy atom. The van der Waals surface area contributed by atoms with Gasteiger partial charge in [0.1, 0.15) is 0 Å². The number of rotatable bonds is 4. The molecule has 0 heterocycles. The van der Waals surface area contributed by atoms with Gasteiger partial charge in [-0.25, -0.2) is 13.2 Å². The molecule has 20 heavy (non-hydrogen) atoms. The number of nitrogens with one attached hydrogen (secondary N) is 1. The largest absolute Gasteiger partial charge is 0.449 e. The van der Waals surface area contributed by atoms with E-state index in [2.05, 4.69) is 5.32 Å². The summed E-state index contributed by atoms with van der Waals surface area (Å²) in [5, 5.41) is 2.37. The maximum atomic E-state index is 11.9. The van der Waals surface area contributed by atoms with Crippen LogP contribution in [0.15, 0.2) is 23.1 Å². The van der Waals surface area contributed by atoms with Gasteiger partial charge in [0.05, 0.1) is 15.5 Å². The summed E-state index contributed by atoms with van der Waals surface area (Å²) in [7, 11) is -2.06. The van der Waals surface area contributed by atoms with Crippen LogP contribution in [-0.2, 0) is 19.4 Å². The van der Waals surface area contributed by atoms with Crippen LogP contribution in [0.4, 0.5) is 0 Å². The number of halogens is 1.